The molecule has 0 aromatic carbocycles. The van der Waals surface area contributed by atoms with E-state index in [4.69, 9.17) is 10.5 Å². The Balaban J connectivity index is 1.84. The maximum absolute atomic E-state index is 12.8. The first-order chi connectivity index (χ1) is 11.9. The molecule has 2 bridgehead atoms. The zero-order valence-electron chi connectivity index (χ0n) is 14.8. The number of likely N-dealkylation sites (N-methyl/N-ethyl adjacent to an activating group) is 1. The van der Waals surface area contributed by atoms with Gasteiger partial charge >= 0.3 is 0 Å². The van der Waals surface area contributed by atoms with Crippen molar-refractivity contribution in [2.75, 3.05) is 51.5 Å². The van der Waals surface area contributed by atoms with Gasteiger partial charge in [-0.15, -0.1) is 0 Å². The molecule has 2 atom stereocenters. The number of carbonyl (C=O) groups excluding carboxylic acids is 2. The number of anilines is 2. The molecule has 9 heteroatoms. The molecule has 2 N–H and O–H groups in total. The lowest BCUT2D eigenvalue weighted by molar-refractivity contribution is -0.145. The lowest BCUT2D eigenvalue weighted by Gasteiger charge is -2.35. The molecule has 2 amide bonds. The molecule has 3 aliphatic heterocycles. The molecule has 3 aliphatic rings. The third kappa shape index (κ3) is 3.45. The van der Waals surface area contributed by atoms with Crippen molar-refractivity contribution in [2.24, 2.45) is 5.92 Å². The topological polar surface area (TPSA) is 105 Å². The number of aromatic nitrogens is 2. The third-order valence-electron chi connectivity index (χ3n) is 4.84. The summed E-state index contributed by atoms with van der Waals surface area (Å²) in [5.74, 6) is 1.01. The van der Waals surface area contributed by atoms with Crippen molar-refractivity contribution in [3.8, 4) is 5.88 Å². The molecule has 0 radical (unpaired) electrons. The van der Waals surface area contributed by atoms with Gasteiger partial charge in [0.1, 0.15) is 12.4 Å². The third-order valence-corrected chi connectivity index (χ3v) is 4.84. The van der Waals surface area contributed by atoms with Gasteiger partial charge in [-0.2, -0.15) is 9.97 Å². The van der Waals surface area contributed by atoms with E-state index in [9.17, 15) is 9.59 Å². The standard InChI is InChI=1S/C16H24N6O3/c1-20(2)14(23)9-22-11-5-4-10(15(22)24)7-21(8-11)12-6-13(25-3)19-16(17)18-12/h6,10-11H,4-5,7-9H2,1-3H3,(H2,17,18,19)/t10-,11+/m1/s1. The summed E-state index contributed by atoms with van der Waals surface area (Å²) in [6, 6.07) is 1.71. The van der Waals surface area contributed by atoms with Gasteiger partial charge in [0.15, 0.2) is 0 Å². The molecule has 4 heterocycles. The van der Waals surface area contributed by atoms with Crippen molar-refractivity contribution in [2.45, 2.75) is 18.9 Å². The highest BCUT2D eigenvalue weighted by molar-refractivity contribution is 5.87. The Bertz CT molecular complexity index is 680. The molecule has 0 unspecified atom stereocenters. The monoisotopic (exact) mass is 348 g/mol. The number of rotatable bonds is 4. The second kappa shape index (κ2) is 6.73. The van der Waals surface area contributed by atoms with Crippen LogP contribution >= 0.6 is 0 Å². The van der Waals surface area contributed by atoms with Crippen LogP contribution in [-0.4, -0.2) is 78.5 Å². The van der Waals surface area contributed by atoms with Crippen molar-refractivity contribution in [3.05, 3.63) is 6.07 Å². The number of nitrogen functional groups attached to an aromatic ring is 1. The summed E-state index contributed by atoms with van der Waals surface area (Å²) in [5.41, 5.74) is 5.76. The highest BCUT2D eigenvalue weighted by atomic mass is 16.5. The van der Waals surface area contributed by atoms with Crippen molar-refractivity contribution < 1.29 is 14.3 Å². The van der Waals surface area contributed by atoms with E-state index in [1.165, 1.54) is 12.0 Å². The van der Waals surface area contributed by atoms with E-state index in [-0.39, 0.29) is 36.3 Å². The van der Waals surface area contributed by atoms with Gasteiger partial charge in [-0.25, -0.2) is 0 Å². The number of piperidine rings is 1. The molecule has 1 aromatic heterocycles. The highest BCUT2D eigenvalue weighted by Crippen LogP contribution is 2.32. The second-order valence-corrected chi connectivity index (χ2v) is 6.71. The van der Waals surface area contributed by atoms with Gasteiger partial charge in [0, 0.05) is 39.3 Å². The van der Waals surface area contributed by atoms with Gasteiger partial charge in [-0.1, -0.05) is 0 Å². The zero-order valence-corrected chi connectivity index (χ0v) is 14.8. The minimum Gasteiger partial charge on any atom is -0.481 e. The first-order valence-electron chi connectivity index (χ1n) is 8.33. The number of carbonyl (C=O) groups is 2. The number of nitrogens with two attached hydrogens (primary N) is 1. The van der Waals surface area contributed by atoms with E-state index in [2.05, 4.69) is 9.97 Å². The number of ether oxygens (including phenoxy) is 1. The summed E-state index contributed by atoms with van der Waals surface area (Å²) in [5, 5.41) is 0. The quantitative estimate of drug-likeness (QED) is 0.788. The molecule has 3 saturated heterocycles. The summed E-state index contributed by atoms with van der Waals surface area (Å²) in [6.45, 7) is 1.29. The van der Waals surface area contributed by atoms with Crippen molar-refractivity contribution in [1.29, 1.82) is 0 Å². The van der Waals surface area contributed by atoms with Crippen LogP contribution in [0.15, 0.2) is 6.07 Å². The number of hydrogen-bond donors (Lipinski definition) is 1. The maximum atomic E-state index is 12.8. The molecule has 136 valence electrons. The van der Waals surface area contributed by atoms with Crippen LogP contribution in [0.4, 0.5) is 11.8 Å². The minimum atomic E-state index is -0.143. The van der Waals surface area contributed by atoms with Crippen molar-refractivity contribution in [1.82, 2.24) is 19.8 Å². The van der Waals surface area contributed by atoms with E-state index < -0.39 is 0 Å². The van der Waals surface area contributed by atoms with Gasteiger partial charge in [0.05, 0.1) is 13.0 Å². The average Bonchev–Trinajstić information content (AvgIpc) is 2.87. The molecule has 4 rings (SSSR count). The number of methoxy groups -OCH3 is 1. The molecule has 0 saturated carbocycles. The predicted molar refractivity (Wildman–Crippen MR) is 92.1 cm³/mol. The van der Waals surface area contributed by atoms with E-state index in [1.54, 1.807) is 25.1 Å². The highest BCUT2D eigenvalue weighted by Gasteiger charge is 2.41. The Morgan fingerprint density at radius 1 is 1.36 bits per heavy atom. The Morgan fingerprint density at radius 2 is 2.12 bits per heavy atom. The van der Waals surface area contributed by atoms with Crippen LogP contribution in [0.1, 0.15) is 12.8 Å². The van der Waals surface area contributed by atoms with E-state index in [0.29, 0.717) is 24.8 Å². The zero-order chi connectivity index (χ0) is 18.1. The molecule has 0 spiro atoms. The number of fused-ring (bicyclic) bond motifs is 4. The van der Waals surface area contributed by atoms with Gasteiger partial charge in [-0.05, 0) is 12.8 Å². The van der Waals surface area contributed by atoms with Crippen LogP contribution in [-0.2, 0) is 9.59 Å². The SMILES string of the molecule is COc1cc(N2C[C@H]3CC[C@@H](C2)N(CC(=O)N(C)C)C3=O)nc(N)n1. The second-order valence-electron chi connectivity index (χ2n) is 6.71. The summed E-state index contributed by atoms with van der Waals surface area (Å²) < 4.78 is 5.16. The number of amides is 2. The summed E-state index contributed by atoms with van der Waals surface area (Å²) >= 11 is 0. The van der Waals surface area contributed by atoms with Gasteiger partial charge in [0.2, 0.25) is 23.6 Å². The lowest BCUT2D eigenvalue weighted by atomic mass is 9.94. The fourth-order valence-corrected chi connectivity index (χ4v) is 3.42. The number of hydrogen-bond acceptors (Lipinski definition) is 7. The van der Waals surface area contributed by atoms with Crippen LogP contribution in [0.2, 0.25) is 0 Å². The van der Waals surface area contributed by atoms with E-state index in [0.717, 1.165) is 12.8 Å². The van der Waals surface area contributed by atoms with Crippen LogP contribution in [0.5, 0.6) is 5.88 Å². The normalized spacial score (nSPS) is 22.8. The molecule has 1 aromatic rings. The fraction of sp³-hybridized carbons (Fsp3) is 0.625. The molecule has 0 aliphatic carbocycles. The lowest BCUT2D eigenvalue weighted by Crippen LogP contribution is -2.51. The van der Waals surface area contributed by atoms with Crippen LogP contribution in [0.25, 0.3) is 0 Å². The minimum absolute atomic E-state index is 0.0164. The Labute approximate surface area is 146 Å². The summed E-state index contributed by atoms with van der Waals surface area (Å²) in [6.07, 6.45) is 1.70. The van der Waals surface area contributed by atoms with Crippen LogP contribution in [0.3, 0.4) is 0 Å². The van der Waals surface area contributed by atoms with Crippen LogP contribution in [0, 0.1) is 5.92 Å². The Kier molecular flexibility index (Phi) is 4.65. The fourth-order valence-electron chi connectivity index (χ4n) is 3.42. The molecular formula is C16H24N6O3. The molecule has 9 nitrogen and oxygen atoms in total. The van der Waals surface area contributed by atoms with E-state index >= 15 is 0 Å². The average molecular weight is 348 g/mol. The first kappa shape index (κ1) is 17.2. The van der Waals surface area contributed by atoms with Crippen molar-refractivity contribution in [3.63, 3.8) is 0 Å². The molecule has 25 heavy (non-hydrogen) atoms. The van der Waals surface area contributed by atoms with Gasteiger partial charge in [-0.3, -0.25) is 9.59 Å². The van der Waals surface area contributed by atoms with E-state index in [1.807, 2.05) is 4.90 Å². The Morgan fingerprint density at radius 3 is 2.80 bits per heavy atom. The van der Waals surface area contributed by atoms with Gasteiger partial charge in [0.25, 0.3) is 0 Å². The molecule has 3 fully saturated rings. The van der Waals surface area contributed by atoms with Gasteiger partial charge < -0.3 is 25.2 Å². The van der Waals surface area contributed by atoms with Crippen LogP contribution < -0.4 is 15.4 Å². The Hall–Kier alpha value is -2.58. The molecular weight excluding hydrogens is 324 g/mol. The predicted octanol–water partition coefficient (Wildman–Crippen LogP) is -0.417. The summed E-state index contributed by atoms with van der Waals surface area (Å²) in [7, 11) is 4.92. The summed E-state index contributed by atoms with van der Waals surface area (Å²) in [4.78, 5) is 38.4. The smallest absolute Gasteiger partial charge is 0.241 e. The van der Waals surface area contributed by atoms with Crippen molar-refractivity contribution >= 4 is 23.6 Å². The largest absolute Gasteiger partial charge is 0.481 e. The maximum Gasteiger partial charge on any atom is 0.241 e. The first-order valence-corrected chi connectivity index (χ1v) is 8.33. The number of nitrogens with zero attached hydrogens (tertiary/aromatic N) is 5.